The maximum absolute atomic E-state index is 9.65. The minimum absolute atomic E-state index is 0. The van der Waals surface area contributed by atoms with Crippen LogP contribution in [0.3, 0.4) is 0 Å². The summed E-state index contributed by atoms with van der Waals surface area (Å²) < 4.78 is 0.772. The second-order valence-electron chi connectivity index (χ2n) is 2.97. The number of phenolic OH excluding ortho intramolecular Hbond substituents is 1. The summed E-state index contributed by atoms with van der Waals surface area (Å²) in [6.07, 6.45) is 1.12. The van der Waals surface area contributed by atoms with Crippen LogP contribution in [0, 0.1) is 0 Å². The topological polar surface area (TPSA) is 32.3 Å². The Morgan fingerprint density at radius 1 is 1.46 bits per heavy atom. The minimum Gasteiger partial charge on any atom is -0.506 e. The molecule has 1 heterocycles. The Morgan fingerprint density at radius 3 is 2.69 bits per heavy atom. The van der Waals surface area contributed by atoms with Gasteiger partial charge in [-0.3, -0.25) is 0 Å². The van der Waals surface area contributed by atoms with Gasteiger partial charge in [-0.2, -0.15) is 0 Å². The summed E-state index contributed by atoms with van der Waals surface area (Å²) in [6, 6.07) is 6.09. The van der Waals surface area contributed by atoms with Gasteiger partial charge in [0.1, 0.15) is 5.75 Å². The molecule has 4 heteroatoms. The zero-order valence-corrected chi connectivity index (χ0v) is 9.36. The normalized spacial score (nSPS) is 20.2. The molecule has 0 aliphatic carbocycles. The van der Waals surface area contributed by atoms with Gasteiger partial charge in [-0.1, -0.05) is 12.1 Å². The van der Waals surface area contributed by atoms with Gasteiger partial charge in [0.15, 0.2) is 0 Å². The summed E-state index contributed by atoms with van der Waals surface area (Å²) in [7, 11) is 0. The Kier molecular flexibility index (Phi) is 3.59. The fraction of sp³-hybridized carbons (Fsp3) is 0.333. The molecule has 0 radical (unpaired) electrons. The lowest BCUT2D eigenvalue weighted by Crippen LogP contribution is -2.34. The molecule has 0 bridgehead atoms. The van der Waals surface area contributed by atoms with Gasteiger partial charge in [0.25, 0.3) is 0 Å². The molecule has 1 fully saturated rings. The summed E-state index contributed by atoms with van der Waals surface area (Å²) in [4.78, 5) is 0. The minimum atomic E-state index is 0. The van der Waals surface area contributed by atoms with E-state index in [9.17, 15) is 5.11 Å². The highest BCUT2D eigenvalue weighted by atomic mass is 79.9. The van der Waals surface area contributed by atoms with Gasteiger partial charge in [0, 0.05) is 11.6 Å². The van der Waals surface area contributed by atoms with E-state index in [4.69, 9.17) is 0 Å². The fourth-order valence-electron chi connectivity index (χ4n) is 1.37. The number of phenols is 1. The van der Waals surface area contributed by atoms with Gasteiger partial charge < -0.3 is 10.4 Å². The van der Waals surface area contributed by atoms with Gasteiger partial charge >= 0.3 is 0 Å². The van der Waals surface area contributed by atoms with E-state index < -0.39 is 0 Å². The maximum atomic E-state index is 9.65. The first-order chi connectivity index (χ1) is 5.79. The molecule has 1 aromatic rings. The van der Waals surface area contributed by atoms with Crippen molar-refractivity contribution in [3.63, 3.8) is 0 Å². The summed E-state index contributed by atoms with van der Waals surface area (Å²) in [5, 5.41) is 12.9. The fourth-order valence-corrected chi connectivity index (χ4v) is 1.75. The van der Waals surface area contributed by atoms with Crippen LogP contribution in [0.25, 0.3) is 0 Å². The van der Waals surface area contributed by atoms with E-state index in [0.29, 0.717) is 11.8 Å². The Labute approximate surface area is 91.9 Å². The lowest BCUT2D eigenvalue weighted by Gasteiger charge is -2.28. The quantitative estimate of drug-likeness (QED) is 0.817. The molecule has 0 aromatic heterocycles. The number of aromatic hydroxyl groups is 1. The molecule has 0 saturated carbocycles. The van der Waals surface area contributed by atoms with Crippen LogP contribution in [-0.4, -0.2) is 11.7 Å². The molecule has 1 aliphatic heterocycles. The lowest BCUT2D eigenvalue weighted by atomic mass is 9.97. The molecule has 72 valence electrons. The third kappa shape index (κ3) is 1.98. The Morgan fingerprint density at radius 2 is 2.15 bits per heavy atom. The Bertz CT molecular complexity index is 302. The highest BCUT2D eigenvalue weighted by Crippen LogP contribution is 2.35. The first kappa shape index (κ1) is 10.8. The number of para-hydroxylation sites is 1. The number of benzene rings is 1. The van der Waals surface area contributed by atoms with Gasteiger partial charge in [0.05, 0.1) is 4.47 Å². The SMILES string of the molecule is Cl.Oc1c(Br)cccc1[C@@H]1CCN1. The largest absolute Gasteiger partial charge is 0.506 e. The van der Waals surface area contributed by atoms with Gasteiger partial charge in [-0.15, -0.1) is 12.4 Å². The molecule has 2 rings (SSSR count). The van der Waals surface area contributed by atoms with Crippen molar-refractivity contribution in [2.24, 2.45) is 0 Å². The van der Waals surface area contributed by atoms with Crippen molar-refractivity contribution in [2.45, 2.75) is 12.5 Å². The molecule has 1 aromatic carbocycles. The molecule has 0 spiro atoms. The molecular formula is C9H11BrClNO. The number of rotatable bonds is 1. The predicted molar refractivity (Wildman–Crippen MR) is 58.4 cm³/mol. The number of hydrogen-bond acceptors (Lipinski definition) is 2. The molecular weight excluding hydrogens is 253 g/mol. The first-order valence-electron chi connectivity index (χ1n) is 4.00. The van der Waals surface area contributed by atoms with E-state index in [1.807, 2.05) is 18.2 Å². The van der Waals surface area contributed by atoms with Crippen molar-refractivity contribution >= 4 is 28.3 Å². The molecule has 0 amide bonds. The third-order valence-electron chi connectivity index (χ3n) is 2.22. The van der Waals surface area contributed by atoms with E-state index in [1.54, 1.807) is 0 Å². The molecule has 1 saturated heterocycles. The van der Waals surface area contributed by atoms with Crippen molar-refractivity contribution in [1.29, 1.82) is 0 Å². The van der Waals surface area contributed by atoms with Crippen molar-refractivity contribution in [3.05, 3.63) is 28.2 Å². The van der Waals surface area contributed by atoms with E-state index in [1.165, 1.54) is 0 Å². The van der Waals surface area contributed by atoms with E-state index >= 15 is 0 Å². The average Bonchev–Trinajstić information content (AvgIpc) is 1.95. The monoisotopic (exact) mass is 263 g/mol. The summed E-state index contributed by atoms with van der Waals surface area (Å²) >= 11 is 3.29. The van der Waals surface area contributed by atoms with E-state index in [0.717, 1.165) is 23.0 Å². The number of nitrogens with one attached hydrogen (secondary N) is 1. The van der Waals surface area contributed by atoms with Gasteiger partial charge in [-0.05, 0) is 35.0 Å². The van der Waals surface area contributed by atoms with Crippen LogP contribution in [0.15, 0.2) is 22.7 Å². The zero-order valence-electron chi connectivity index (χ0n) is 6.96. The van der Waals surface area contributed by atoms with Crippen LogP contribution in [-0.2, 0) is 0 Å². The van der Waals surface area contributed by atoms with E-state index in [2.05, 4.69) is 21.2 Å². The maximum Gasteiger partial charge on any atom is 0.134 e. The second kappa shape index (κ2) is 4.31. The van der Waals surface area contributed by atoms with Crippen LogP contribution >= 0.6 is 28.3 Å². The predicted octanol–water partition coefficient (Wildman–Crippen LogP) is 2.61. The van der Waals surface area contributed by atoms with Crippen LogP contribution in [0.2, 0.25) is 0 Å². The second-order valence-corrected chi connectivity index (χ2v) is 3.83. The zero-order chi connectivity index (χ0) is 8.55. The van der Waals surface area contributed by atoms with Gasteiger partial charge in [0.2, 0.25) is 0 Å². The van der Waals surface area contributed by atoms with Crippen LogP contribution in [0.4, 0.5) is 0 Å². The molecule has 1 atom stereocenters. The van der Waals surface area contributed by atoms with Crippen molar-refractivity contribution in [3.8, 4) is 5.75 Å². The highest BCUT2D eigenvalue weighted by Gasteiger charge is 2.21. The highest BCUT2D eigenvalue weighted by molar-refractivity contribution is 9.10. The summed E-state index contributed by atoms with van der Waals surface area (Å²) in [5.41, 5.74) is 0.996. The summed E-state index contributed by atoms with van der Waals surface area (Å²) in [6.45, 7) is 1.05. The van der Waals surface area contributed by atoms with Gasteiger partial charge in [-0.25, -0.2) is 0 Å². The van der Waals surface area contributed by atoms with Crippen molar-refractivity contribution in [1.82, 2.24) is 5.32 Å². The van der Waals surface area contributed by atoms with Crippen LogP contribution in [0.5, 0.6) is 5.75 Å². The van der Waals surface area contributed by atoms with Crippen LogP contribution < -0.4 is 5.32 Å². The lowest BCUT2D eigenvalue weighted by molar-refractivity contribution is 0.363. The van der Waals surface area contributed by atoms with E-state index in [-0.39, 0.29) is 12.4 Å². The Balaban J connectivity index is 0.000000845. The third-order valence-corrected chi connectivity index (χ3v) is 2.86. The molecule has 1 aliphatic rings. The molecule has 2 nitrogen and oxygen atoms in total. The standard InChI is InChI=1S/C9H10BrNO.ClH/c10-7-3-1-2-6(9(7)12)8-4-5-11-8;/h1-3,8,11-12H,4-5H2;1H/t8-;/m0./s1. The smallest absolute Gasteiger partial charge is 0.134 e. The molecule has 2 N–H and O–H groups in total. The first-order valence-corrected chi connectivity index (χ1v) is 4.79. The number of hydrogen-bond donors (Lipinski definition) is 2. The summed E-state index contributed by atoms with van der Waals surface area (Å²) in [5.74, 6) is 0.370. The van der Waals surface area contributed by atoms with Crippen LogP contribution in [0.1, 0.15) is 18.0 Å². The Hall–Kier alpha value is -0.250. The van der Waals surface area contributed by atoms with Crippen molar-refractivity contribution in [2.75, 3.05) is 6.54 Å². The molecule has 13 heavy (non-hydrogen) atoms. The van der Waals surface area contributed by atoms with Crippen molar-refractivity contribution < 1.29 is 5.11 Å². The number of halogens is 2. The average molecular weight is 265 g/mol. The molecule has 0 unspecified atom stereocenters.